The largest absolute Gasteiger partial charge is 0.469 e. The van der Waals surface area contributed by atoms with Gasteiger partial charge in [0.2, 0.25) is 0 Å². The molecule has 4 N–H and O–H groups in total. The van der Waals surface area contributed by atoms with Crippen molar-refractivity contribution in [3.63, 3.8) is 0 Å². The highest BCUT2D eigenvalue weighted by atomic mass is 31.2. The molecule has 0 aromatic carbocycles. The van der Waals surface area contributed by atoms with Gasteiger partial charge in [0.25, 0.3) is 5.56 Å². The summed E-state index contributed by atoms with van der Waals surface area (Å²) in [6.07, 6.45) is -0.688. The van der Waals surface area contributed by atoms with Crippen molar-refractivity contribution in [2.45, 2.75) is 38.2 Å². The molecule has 0 amide bonds. The molecule has 1 aromatic heterocycles. The Balaban J connectivity index is 2.24. The lowest BCUT2D eigenvalue weighted by molar-refractivity contribution is -0.115. The van der Waals surface area contributed by atoms with Crippen LogP contribution in [-0.2, 0) is 13.8 Å². The molecule has 124 valence electrons. The van der Waals surface area contributed by atoms with Crippen LogP contribution in [0.15, 0.2) is 15.8 Å². The van der Waals surface area contributed by atoms with E-state index in [9.17, 15) is 19.3 Å². The number of aliphatic hydroxyl groups excluding tert-OH is 1. The fourth-order valence-corrected chi connectivity index (χ4v) is 2.62. The highest BCUT2D eigenvalue weighted by molar-refractivity contribution is 7.46. The second kappa shape index (κ2) is 5.73. The van der Waals surface area contributed by atoms with Gasteiger partial charge < -0.3 is 19.6 Å². The van der Waals surface area contributed by atoms with Crippen molar-refractivity contribution < 1.29 is 28.7 Å². The average molecular weight is 336 g/mol. The Morgan fingerprint density at radius 1 is 1.55 bits per heavy atom. The zero-order valence-electron chi connectivity index (χ0n) is 11.9. The first-order valence-corrected chi connectivity index (χ1v) is 7.93. The molecule has 0 radical (unpaired) electrons. The molecule has 1 aliphatic rings. The van der Waals surface area contributed by atoms with E-state index in [1.165, 1.54) is 20.0 Å². The van der Waals surface area contributed by atoms with Gasteiger partial charge in [-0.25, -0.2) is 9.36 Å². The number of aromatic nitrogens is 2. The zero-order valence-corrected chi connectivity index (χ0v) is 12.8. The van der Waals surface area contributed by atoms with Gasteiger partial charge in [0, 0.05) is 18.2 Å². The summed E-state index contributed by atoms with van der Waals surface area (Å²) in [5.41, 5.74) is -2.33. The fourth-order valence-electron chi connectivity index (χ4n) is 2.19. The van der Waals surface area contributed by atoms with Gasteiger partial charge in [0.05, 0.1) is 12.7 Å². The minimum absolute atomic E-state index is 0.00636. The first kappa shape index (κ1) is 17.1. The summed E-state index contributed by atoms with van der Waals surface area (Å²) >= 11 is 0. The van der Waals surface area contributed by atoms with Gasteiger partial charge in [0.1, 0.15) is 11.8 Å². The number of aryl methyl sites for hydroxylation is 1. The zero-order chi connectivity index (χ0) is 16.7. The molecular formula is C11H17N2O8P. The summed E-state index contributed by atoms with van der Waals surface area (Å²) in [4.78, 5) is 42.7. The Bertz CT molecular complexity index is 722. The SMILES string of the molecule is Cc1cn([C@H]2C[C@H](O)[C@@](C)(COP(=O)(O)O)O2)c(=O)[nH]c1=O. The summed E-state index contributed by atoms with van der Waals surface area (Å²) in [5.74, 6) is 0. The predicted molar refractivity (Wildman–Crippen MR) is 73.2 cm³/mol. The molecule has 0 bridgehead atoms. The number of nitrogens with zero attached hydrogens (tertiary/aromatic N) is 1. The van der Waals surface area contributed by atoms with E-state index >= 15 is 0 Å². The monoisotopic (exact) mass is 336 g/mol. The van der Waals surface area contributed by atoms with Crippen molar-refractivity contribution in [1.29, 1.82) is 0 Å². The number of aliphatic hydroxyl groups is 1. The van der Waals surface area contributed by atoms with Crippen LogP contribution in [0.4, 0.5) is 0 Å². The molecule has 1 aliphatic heterocycles. The van der Waals surface area contributed by atoms with Gasteiger partial charge in [-0.2, -0.15) is 0 Å². The summed E-state index contributed by atoms with van der Waals surface area (Å²) in [6.45, 7) is 2.37. The van der Waals surface area contributed by atoms with E-state index in [1.807, 2.05) is 0 Å². The minimum Gasteiger partial charge on any atom is -0.390 e. The molecule has 0 saturated carbocycles. The molecule has 1 fully saturated rings. The molecule has 11 heteroatoms. The molecular weight excluding hydrogens is 319 g/mol. The molecule has 1 aromatic rings. The smallest absolute Gasteiger partial charge is 0.390 e. The molecule has 10 nitrogen and oxygen atoms in total. The van der Waals surface area contributed by atoms with E-state index in [0.717, 1.165) is 4.57 Å². The number of hydrogen-bond donors (Lipinski definition) is 4. The van der Waals surface area contributed by atoms with Gasteiger partial charge in [-0.3, -0.25) is 18.9 Å². The number of ether oxygens (including phenoxy) is 1. The van der Waals surface area contributed by atoms with Gasteiger partial charge in [0.15, 0.2) is 0 Å². The van der Waals surface area contributed by atoms with E-state index in [0.29, 0.717) is 0 Å². The van der Waals surface area contributed by atoms with Crippen molar-refractivity contribution in [3.8, 4) is 0 Å². The van der Waals surface area contributed by atoms with Crippen LogP contribution in [0, 0.1) is 6.92 Å². The Kier molecular flexibility index (Phi) is 4.44. The number of phosphoric acid groups is 1. The van der Waals surface area contributed by atoms with Crippen LogP contribution in [0.2, 0.25) is 0 Å². The number of nitrogens with one attached hydrogen (secondary N) is 1. The quantitative estimate of drug-likeness (QED) is 0.511. The van der Waals surface area contributed by atoms with Crippen LogP contribution >= 0.6 is 7.82 Å². The third-order valence-electron chi connectivity index (χ3n) is 3.51. The fraction of sp³-hybridized carbons (Fsp3) is 0.636. The Labute approximate surface area is 124 Å². The lowest BCUT2D eigenvalue weighted by atomic mass is 10.0. The number of hydrogen-bond acceptors (Lipinski definition) is 6. The summed E-state index contributed by atoms with van der Waals surface area (Å²) in [6, 6.07) is 0. The predicted octanol–water partition coefficient (Wildman–Crippen LogP) is -1.01. The maximum Gasteiger partial charge on any atom is 0.469 e. The highest BCUT2D eigenvalue weighted by Crippen LogP contribution is 2.42. The van der Waals surface area contributed by atoms with E-state index in [-0.39, 0.29) is 12.0 Å². The van der Waals surface area contributed by atoms with Crippen molar-refractivity contribution in [1.82, 2.24) is 9.55 Å². The first-order chi connectivity index (χ1) is 10.0. The second-order valence-corrected chi connectivity index (χ2v) is 6.62. The third-order valence-corrected chi connectivity index (χ3v) is 3.98. The van der Waals surface area contributed by atoms with Crippen LogP contribution in [0.25, 0.3) is 0 Å². The summed E-state index contributed by atoms with van der Waals surface area (Å²) < 4.78 is 21.8. The molecule has 3 atom stereocenters. The number of phosphoric ester groups is 1. The van der Waals surface area contributed by atoms with E-state index < -0.39 is 43.6 Å². The van der Waals surface area contributed by atoms with Gasteiger partial charge in [-0.1, -0.05) is 0 Å². The molecule has 0 unspecified atom stereocenters. The maximum atomic E-state index is 11.8. The van der Waals surface area contributed by atoms with Crippen LogP contribution in [0.1, 0.15) is 25.1 Å². The lowest BCUT2D eigenvalue weighted by Gasteiger charge is -2.27. The van der Waals surface area contributed by atoms with E-state index in [1.54, 1.807) is 0 Å². The molecule has 2 rings (SSSR count). The standard InChI is InChI=1S/C11H17N2O8P/c1-6-4-13(10(16)12-9(6)15)8-3-7(14)11(2,21-8)5-20-22(17,18)19/h4,7-8,14H,3,5H2,1-2H3,(H,12,15,16)(H2,17,18,19)/t7-,8+,11+/m0/s1. The number of H-pyrrole nitrogens is 1. The van der Waals surface area contributed by atoms with Gasteiger partial charge >= 0.3 is 13.5 Å². The highest BCUT2D eigenvalue weighted by Gasteiger charge is 2.46. The molecule has 2 heterocycles. The number of aromatic amines is 1. The van der Waals surface area contributed by atoms with Gasteiger partial charge in [-0.15, -0.1) is 0 Å². The topological polar surface area (TPSA) is 151 Å². The van der Waals surface area contributed by atoms with Crippen LogP contribution in [-0.4, -0.2) is 42.8 Å². The second-order valence-electron chi connectivity index (χ2n) is 5.38. The van der Waals surface area contributed by atoms with E-state index in [4.69, 9.17) is 14.5 Å². The number of rotatable bonds is 4. The van der Waals surface area contributed by atoms with Crippen molar-refractivity contribution in [2.24, 2.45) is 0 Å². The maximum absolute atomic E-state index is 11.8. The Morgan fingerprint density at radius 2 is 2.18 bits per heavy atom. The molecule has 22 heavy (non-hydrogen) atoms. The van der Waals surface area contributed by atoms with Crippen LogP contribution in [0.3, 0.4) is 0 Å². The first-order valence-electron chi connectivity index (χ1n) is 6.40. The van der Waals surface area contributed by atoms with E-state index in [2.05, 4.69) is 9.51 Å². The average Bonchev–Trinajstić information content (AvgIpc) is 2.68. The summed E-state index contributed by atoms with van der Waals surface area (Å²) in [7, 11) is -4.71. The Hall–Kier alpha value is -1.29. The Morgan fingerprint density at radius 3 is 2.77 bits per heavy atom. The van der Waals surface area contributed by atoms with Gasteiger partial charge in [-0.05, 0) is 13.8 Å². The normalized spacial score (nSPS) is 29.0. The lowest BCUT2D eigenvalue weighted by Crippen LogP contribution is -2.40. The van der Waals surface area contributed by atoms with Crippen molar-refractivity contribution >= 4 is 7.82 Å². The minimum atomic E-state index is -4.71. The van der Waals surface area contributed by atoms with Crippen LogP contribution < -0.4 is 11.2 Å². The van der Waals surface area contributed by atoms with Crippen molar-refractivity contribution in [2.75, 3.05) is 6.61 Å². The molecule has 0 aliphatic carbocycles. The summed E-state index contributed by atoms with van der Waals surface area (Å²) in [5, 5.41) is 10.0. The van der Waals surface area contributed by atoms with Crippen molar-refractivity contribution in [3.05, 3.63) is 32.6 Å². The van der Waals surface area contributed by atoms with Crippen LogP contribution in [0.5, 0.6) is 0 Å². The molecule has 1 saturated heterocycles. The third kappa shape index (κ3) is 3.54. The molecule has 0 spiro atoms.